The first-order valence-corrected chi connectivity index (χ1v) is 8.20. The van der Waals surface area contributed by atoms with Crippen LogP contribution in [0.2, 0.25) is 0 Å². The number of carbonyl (C=O) groups is 1. The maximum absolute atomic E-state index is 12.8. The Balaban J connectivity index is 2.02. The number of carbonyl (C=O) groups excluding carboxylic acids is 1. The van der Waals surface area contributed by atoms with Crippen LogP contribution in [0.1, 0.15) is 23.5 Å². The van der Waals surface area contributed by atoms with Crippen LogP contribution < -0.4 is 19.8 Å². The molecule has 0 fully saturated rings. The number of benzene rings is 2. The summed E-state index contributed by atoms with van der Waals surface area (Å²) in [5.41, 5.74) is 1.49. The molecule has 0 unspecified atom stereocenters. The van der Waals surface area contributed by atoms with Crippen molar-refractivity contribution >= 4 is 16.9 Å². The minimum Gasteiger partial charge on any atom is -0.493 e. The molecule has 0 aliphatic carbocycles. The fraction of sp³-hybridized carbons (Fsp3) is 0.200. The zero-order valence-electron chi connectivity index (χ0n) is 14.4. The summed E-state index contributed by atoms with van der Waals surface area (Å²) in [4.78, 5) is 28.0. The Kier molecular flexibility index (Phi) is 3.88. The van der Waals surface area contributed by atoms with Crippen molar-refractivity contribution in [1.29, 1.82) is 0 Å². The first-order valence-electron chi connectivity index (χ1n) is 8.20. The lowest BCUT2D eigenvalue weighted by molar-refractivity contribution is -0.135. The fourth-order valence-corrected chi connectivity index (χ4v) is 3.53. The van der Waals surface area contributed by atoms with Gasteiger partial charge in [0.2, 0.25) is 0 Å². The summed E-state index contributed by atoms with van der Waals surface area (Å²) in [6, 6.07) is 12.7. The standard InChI is InChI=1S/C20H17NO5/c1-24-15-9-5-7-11(18(15)25-2)13-10-16(22)26-19-12-6-3-4-8-14(12)21-20(23)17(13)19/h3-9,13H,10H2,1-2H3,(H,21,23)/t13-/m0/s1. The third-order valence-electron chi connectivity index (χ3n) is 4.65. The number of ether oxygens (including phenoxy) is 3. The number of H-pyrrole nitrogens is 1. The molecule has 1 atom stereocenters. The van der Waals surface area contributed by atoms with Crippen LogP contribution in [0.3, 0.4) is 0 Å². The molecule has 0 saturated carbocycles. The molecule has 1 N–H and O–H groups in total. The number of methoxy groups -OCH3 is 2. The van der Waals surface area contributed by atoms with E-state index in [9.17, 15) is 9.59 Å². The molecule has 132 valence electrons. The van der Waals surface area contributed by atoms with Crippen molar-refractivity contribution < 1.29 is 19.0 Å². The van der Waals surface area contributed by atoms with Crippen molar-refractivity contribution in [3.63, 3.8) is 0 Å². The van der Waals surface area contributed by atoms with Gasteiger partial charge in [-0.05, 0) is 18.2 Å². The molecular formula is C20H17NO5. The van der Waals surface area contributed by atoms with Crippen LogP contribution in [0.4, 0.5) is 0 Å². The van der Waals surface area contributed by atoms with Crippen LogP contribution in [0, 0.1) is 0 Å². The largest absolute Gasteiger partial charge is 0.493 e. The molecule has 3 aromatic rings. The van der Waals surface area contributed by atoms with Gasteiger partial charge in [-0.2, -0.15) is 0 Å². The quantitative estimate of drug-likeness (QED) is 0.734. The van der Waals surface area contributed by atoms with E-state index in [1.807, 2.05) is 30.3 Å². The van der Waals surface area contributed by atoms with Gasteiger partial charge in [0, 0.05) is 16.9 Å². The van der Waals surface area contributed by atoms with Crippen LogP contribution in [-0.2, 0) is 4.79 Å². The second kappa shape index (κ2) is 6.22. The third kappa shape index (κ3) is 2.42. The monoisotopic (exact) mass is 351 g/mol. The molecule has 4 rings (SSSR count). The Labute approximate surface area is 149 Å². The first kappa shape index (κ1) is 16.2. The van der Waals surface area contributed by atoms with Crippen molar-refractivity contribution in [2.75, 3.05) is 14.2 Å². The van der Waals surface area contributed by atoms with Gasteiger partial charge in [-0.25, -0.2) is 0 Å². The highest BCUT2D eigenvalue weighted by atomic mass is 16.5. The lowest BCUT2D eigenvalue weighted by Gasteiger charge is -2.26. The number of nitrogens with one attached hydrogen (secondary N) is 1. The Bertz CT molecular complexity index is 1070. The summed E-state index contributed by atoms with van der Waals surface area (Å²) in [5, 5.41) is 0.696. The third-order valence-corrected chi connectivity index (χ3v) is 4.65. The summed E-state index contributed by atoms with van der Waals surface area (Å²) >= 11 is 0. The van der Waals surface area contributed by atoms with Gasteiger partial charge in [-0.15, -0.1) is 0 Å². The number of hydrogen-bond donors (Lipinski definition) is 1. The van der Waals surface area contributed by atoms with Crippen LogP contribution in [0.25, 0.3) is 10.9 Å². The molecule has 0 radical (unpaired) electrons. The molecule has 6 nitrogen and oxygen atoms in total. The van der Waals surface area contributed by atoms with E-state index in [0.717, 1.165) is 0 Å². The molecule has 26 heavy (non-hydrogen) atoms. The van der Waals surface area contributed by atoms with Gasteiger partial charge in [-0.3, -0.25) is 9.59 Å². The van der Waals surface area contributed by atoms with Crippen LogP contribution >= 0.6 is 0 Å². The number of para-hydroxylation sites is 2. The Morgan fingerprint density at radius 3 is 2.62 bits per heavy atom. The predicted molar refractivity (Wildman–Crippen MR) is 96.2 cm³/mol. The zero-order chi connectivity index (χ0) is 18.3. The van der Waals surface area contributed by atoms with E-state index in [2.05, 4.69) is 4.98 Å². The molecule has 0 amide bonds. The second-order valence-corrected chi connectivity index (χ2v) is 6.06. The van der Waals surface area contributed by atoms with E-state index in [-0.39, 0.29) is 17.9 Å². The fourth-order valence-electron chi connectivity index (χ4n) is 3.53. The van der Waals surface area contributed by atoms with Crippen molar-refractivity contribution in [3.8, 4) is 17.2 Å². The van der Waals surface area contributed by atoms with E-state index in [1.54, 1.807) is 19.2 Å². The summed E-state index contributed by atoms with van der Waals surface area (Å²) < 4.78 is 16.3. The molecule has 0 bridgehead atoms. The SMILES string of the molecule is COc1cccc([C@@H]2CC(=O)Oc3c2c(=O)[nH]c2ccccc32)c1OC. The molecule has 0 spiro atoms. The number of pyridine rings is 1. The molecule has 2 aromatic carbocycles. The number of rotatable bonds is 3. The first-order chi connectivity index (χ1) is 12.6. The molecule has 0 saturated heterocycles. The highest BCUT2D eigenvalue weighted by Gasteiger charge is 2.34. The van der Waals surface area contributed by atoms with Crippen molar-refractivity contribution in [1.82, 2.24) is 4.98 Å². The number of aromatic amines is 1. The molecular weight excluding hydrogens is 334 g/mol. The van der Waals surface area contributed by atoms with Gasteiger partial charge in [0.1, 0.15) is 5.75 Å². The minimum atomic E-state index is -0.482. The van der Waals surface area contributed by atoms with Crippen LogP contribution in [0.15, 0.2) is 47.3 Å². The van der Waals surface area contributed by atoms with E-state index in [4.69, 9.17) is 14.2 Å². The van der Waals surface area contributed by atoms with Gasteiger partial charge in [0.25, 0.3) is 5.56 Å². The Hall–Kier alpha value is -3.28. The zero-order valence-corrected chi connectivity index (χ0v) is 14.4. The highest BCUT2D eigenvalue weighted by molar-refractivity contribution is 5.91. The molecule has 1 aliphatic heterocycles. The Morgan fingerprint density at radius 2 is 1.85 bits per heavy atom. The average Bonchev–Trinajstić information content (AvgIpc) is 2.66. The minimum absolute atomic E-state index is 0.0535. The average molecular weight is 351 g/mol. The second-order valence-electron chi connectivity index (χ2n) is 6.06. The van der Waals surface area contributed by atoms with Gasteiger partial charge in [-0.1, -0.05) is 24.3 Å². The van der Waals surface area contributed by atoms with Crippen LogP contribution in [0.5, 0.6) is 17.2 Å². The smallest absolute Gasteiger partial charge is 0.312 e. The van der Waals surface area contributed by atoms with Crippen molar-refractivity contribution in [3.05, 3.63) is 63.9 Å². The van der Waals surface area contributed by atoms with Gasteiger partial charge in [0.15, 0.2) is 11.5 Å². The maximum atomic E-state index is 12.8. The number of fused-ring (bicyclic) bond motifs is 3. The molecule has 1 aromatic heterocycles. The van der Waals surface area contributed by atoms with E-state index >= 15 is 0 Å². The predicted octanol–water partition coefficient (Wildman–Crippen LogP) is 2.99. The summed E-state index contributed by atoms with van der Waals surface area (Å²) in [6.07, 6.45) is 0.0535. The van der Waals surface area contributed by atoms with Gasteiger partial charge < -0.3 is 19.2 Å². The lowest BCUT2D eigenvalue weighted by Crippen LogP contribution is -2.28. The van der Waals surface area contributed by atoms with E-state index in [0.29, 0.717) is 39.3 Å². The number of aromatic nitrogens is 1. The normalized spacial score (nSPS) is 16.1. The van der Waals surface area contributed by atoms with Gasteiger partial charge >= 0.3 is 5.97 Å². The summed E-state index contributed by atoms with van der Waals surface area (Å²) in [6.45, 7) is 0. The van der Waals surface area contributed by atoms with Gasteiger partial charge in [0.05, 0.1) is 31.7 Å². The lowest BCUT2D eigenvalue weighted by atomic mass is 9.85. The molecule has 2 heterocycles. The summed E-state index contributed by atoms with van der Waals surface area (Å²) in [7, 11) is 3.08. The van der Waals surface area contributed by atoms with E-state index < -0.39 is 5.92 Å². The number of esters is 1. The van der Waals surface area contributed by atoms with Crippen LogP contribution in [-0.4, -0.2) is 25.2 Å². The van der Waals surface area contributed by atoms with Crippen molar-refractivity contribution in [2.24, 2.45) is 0 Å². The van der Waals surface area contributed by atoms with E-state index in [1.165, 1.54) is 7.11 Å². The molecule has 1 aliphatic rings. The summed E-state index contributed by atoms with van der Waals surface area (Å²) in [5.74, 6) is 0.499. The Morgan fingerprint density at radius 1 is 1.04 bits per heavy atom. The molecule has 6 heteroatoms. The topological polar surface area (TPSA) is 77.6 Å². The number of hydrogen-bond acceptors (Lipinski definition) is 5. The highest BCUT2D eigenvalue weighted by Crippen LogP contribution is 2.45. The van der Waals surface area contributed by atoms with Crippen molar-refractivity contribution in [2.45, 2.75) is 12.3 Å². The maximum Gasteiger partial charge on any atom is 0.312 e.